The van der Waals surface area contributed by atoms with E-state index in [1.807, 2.05) is 13.1 Å². The number of unbranched alkanes of at least 4 members (excludes halogenated alkanes) is 1. The molecular formula is C13H20N4O4. The molecule has 1 rings (SSSR count). The van der Waals surface area contributed by atoms with Crippen molar-refractivity contribution >= 4 is 17.9 Å². The summed E-state index contributed by atoms with van der Waals surface area (Å²) in [5.41, 5.74) is 0.982. The highest BCUT2D eigenvalue weighted by Crippen LogP contribution is 1.99. The van der Waals surface area contributed by atoms with Gasteiger partial charge in [-0.25, -0.2) is 4.79 Å². The normalized spacial score (nSPS) is 10.1. The molecular weight excluding hydrogens is 276 g/mol. The predicted octanol–water partition coefficient (Wildman–Crippen LogP) is 0.433. The second-order valence-electron chi connectivity index (χ2n) is 4.60. The van der Waals surface area contributed by atoms with E-state index in [-0.39, 0.29) is 12.8 Å². The van der Waals surface area contributed by atoms with E-state index in [9.17, 15) is 14.4 Å². The predicted molar refractivity (Wildman–Crippen MR) is 74.6 cm³/mol. The van der Waals surface area contributed by atoms with Crippen molar-refractivity contribution in [2.24, 2.45) is 7.05 Å². The molecule has 116 valence electrons. The molecule has 0 unspecified atom stereocenters. The summed E-state index contributed by atoms with van der Waals surface area (Å²) < 4.78 is 1.72. The van der Waals surface area contributed by atoms with E-state index in [1.54, 1.807) is 10.9 Å². The first-order valence-corrected chi connectivity index (χ1v) is 6.75. The molecule has 0 aliphatic rings. The second-order valence-corrected chi connectivity index (χ2v) is 4.60. The van der Waals surface area contributed by atoms with Gasteiger partial charge in [0.2, 0.25) is 5.91 Å². The first-order valence-electron chi connectivity index (χ1n) is 6.75. The molecule has 1 heterocycles. The summed E-state index contributed by atoms with van der Waals surface area (Å²) in [7, 11) is 1.82. The van der Waals surface area contributed by atoms with Gasteiger partial charge in [0, 0.05) is 44.7 Å². The van der Waals surface area contributed by atoms with Crippen LogP contribution in [0, 0.1) is 0 Å². The maximum Gasteiger partial charge on any atom is 0.321 e. The van der Waals surface area contributed by atoms with Gasteiger partial charge in [0.05, 0.1) is 0 Å². The zero-order valence-electron chi connectivity index (χ0n) is 12.0. The molecule has 0 spiro atoms. The lowest BCUT2D eigenvalue weighted by molar-refractivity contribution is -0.137. The summed E-state index contributed by atoms with van der Waals surface area (Å²) >= 11 is 0. The molecule has 21 heavy (non-hydrogen) atoms. The summed E-state index contributed by atoms with van der Waals surface area (Å²) in [6, 6.07) is 1.31. The van der Waals surface area contributed by atoms with Gasteiger partial charge in [0.15, 0.2) is 0 Å². The number of hydrogen-bond donors (Lipinski definition) is 3. The molecule has 0 bridgehead atoms. The lowest BCUT2D eigenvalue weighted by atomic mass is 10.2. The van der Waals surface area contributed by atoms with Crippen molar-refractivity contribution in [2.45, 2.75) is 32.1 Å². The Kier molecular flexibility index (Phi) is 6.93. The molecule has 3 N–H and O–H groups in total. The van der Waals surface area contributed by atoms with Crippen LogP contribution < -0.4 is 10.6 Å². The molecule has 0 saturated heterocycles. The molecule has 0 fully saturated rings. The Balaban J connectivity index is 2.11. The third-order valence-corrected chi connectivity index (χ3v) is 2.89. The topological polar surface area (TPSA) is 113 Å². The Morgan fingerprint density at radius 3 is 2.62 bits per heavy atom. The van der Waals surface area contributed by atoms with Gasteiger partial charge in [-0.05, 0) is 18.9 Å². The van der Waals surface area contributed by atoms with Gasteiger partial charge in [0.1, 0.15) is 0 Å². The van der Waals surface area contributed by atoms with Crippen LogP contribution in [0.2, 0.25) is 0 Å². The van der Waals surface area contributed by atoms with Crippen LogP contribution in [0.25, 0.3) is 0 Å². The molecule has 3 amide bonds. The van der Waals surface area contributed by atoms with Crippen LogP contribution in [0.3, 0.4) is 0 Å². The number of nitrogens with zero attached hydrogens (tertiary/aromatic N) is 2. The van der Waals surface area contributed by atoms with Crippen LogP contribution in [0.5, 0.6) is 0 Å². The number of aryl methyl sites for hydroxylation is 1. The number of imide groups is 1. The van der Waals surface area contributed by atoms with Gasteiger partial charge in [-0.2, -0.15) is 5.10 Å². The highest BCUT2D eigenvalue weighted by molar-refractivity contribution is 5.94. The van der Waals surface area contributed by atoms with Gasteiger partial charge >= 0.3 is 12.0 Å². The SMILES string of the molecule is Cn1nccc1CCNC(=O)NC(=O)CCCCC(=O)O. The second kappa shape index (κ2) is 8.72. The van der Waals surface area contributed by atoms with Crippen molar-refractivity contribution < 1.29 is 19.5 Å². The van der Waals surface area contributed by atoms with Crippen molar-refractivity contribution in [2.75, 3.05) is 6.54 Å². The number of nitrogens with one attached hydrogen (secondary N) is 2. The van der Waals surface area contributed by atoms with E-state index in [1.165, 1.54) is 0 Å². The molecule has 0 aromatic carbocycles. The maximum atomic E-state index is 11.4. The highest BCUT2D eigenvalue weighted by Gasteiger charge is 2.08. The number of carbonyl (C=O) groups is 3. The average Bonchev–Trinajstić information content (AvgIpc) is 2.80. The Morgan fingerprint density at radius 1 is 1.29 bits per heavy atom. The number of aromatic nitrogens is 2. The molecule has 0 aliphatic carbocycles. The fourth-order valence-electron chi connectivity index (χ4n) is 1.75. The smallest absolute Gasteiger partial charge is 0.321 e. The lowest BCUT2D eigenvalue weighted by Gasteiger charge is -2.06. The number of carboxylic acid groups (broad SMARTS) is 1. The number of carboxylic acids is 1. The minimum absolute atomic E-state index is 0.0319. The first kappa shape index (κ1) is 16.7. The summed E-state index contributed by atoms with van der Waals surface area (Å²) in [6.45, 7) is 0.400. The van der Waals surface area contributed by atoms with Crippen molar-refractivity contribution in [3.8, 4) is 0 Å². The quantitative estimate of drug-likeness (QED) is 0.602. The van der Waals surface area contributed by atoms with Crippen LogP contribution >= 0.6 is 0 Å². The van der Waals surface area contributed by atoms with Gasteiger partial charge in [-0.15, -0.1) is 0 Å². The lowest BCUT2D eigenvalue weighted by Crippen LogP contribution is -2.40. The molecule has 0 atom stereocenters. The Hall–Kier alpha value is -2.38. The van der Waals surface area contributed by atoms with Crippen molar-refractivity contribution in [1.29, 1.82) is 0 Å². The van der Waals surface area contributed by atoms with Crippen LogP contribution in [0.1, 0.15) is 31.4 Å². The molecule has 8 nitrogen and oxygen atoms in total. The molecule has 8 heteroatoms. The number of aliphatic carboxylic acids is 1. The third kappa shape index (κ3) is 7.09. The van der Waals surface area contributed by atoms with Crippen LogP contribution in [0.15, 0.2) is 12.3 Å². The largest absolute Gasteiger partial charge is 0.481 e. The number of urea groups is 1. The summed E-state index contributed by atoms with van der Waals surface area (Å²) in [5, 5.41) is 17.2. The van der Waals surface area contributed by atoms with Crippen LogP contribution in [-0.2, 0) is 23.1 Å². The van der Waals surface area contributed by atoms with Crippen molar-refractivity contribution in [3.05, 3.63) is 18.0 Å². The van der Waals surface area contributed by atoms with Gasteiger partial charge in [-0.1, -0.05) is 0 Å². The molecule has 0 saturated carbocycles. The van der Waals surface area contributed by atoms with E-state index < -0.39 is 17.9 Å². The van der Waals surface area contributed by atoms with Crippen molar-refractivity contribution in [3.63, 3.8) is 0 Å². The van der Waals surface area contributed by atoms with Crippen LogP contribution in [0.4, 0.5) is 4.79 Å². The number of hydrogen-bond acceptors (Lipinski definition) is 4. The third-order valence-electron chi connectivity index (χ3n) is 2.89. The van der Waals surface area contributed by atoms with E-state index in [0.717, 1.165) is 5.69 Å². The minimum Gasteiger partial charge on any atom is -0.481 e. The van der Waals surface area contributed by atoms with E-state index in [0.29, 0.717) is 25.8 Å². The zero-order valence-corrected chi connectivity index (χ0v) is 12.0. The Morgan fingerprint density at radius 2 is 2.00 bits per heavy atom. The minimum atomic E-state index is -0.886. The number of carbonyl (C=O) groups excluding carboxylic acids is 2. The zero-order chi connectivity index (χ0) is 15.7. The molecule has 1 aromatic rings. The Labute approximate surface area is 122 Å². The standard InChI is InChI=1S/C13H20N4O4/c1-17-10(7-9-15-17)6-8-14-13(21)16-11(18)4-2-3-5-12(19)20/h7,9H,2-6,8H2,1H3,(H,19,20)(H2,14,16,18,21). The highest BCUT2D eigenvalue weighted by atomic mass is 16.4. The van der Waals surface area contributed by atoms with Gasteiger partial charge < -0.3 is 10.4 Å². The van der Waals surface area contributed by atoms with Crippen molar-refractivity contribution in [1.82, 2.24) is 20.4 Å². The monoisotopic (exact) mass is 296 g/mol. The molecule has 0 aliphatic heterocycles. The number of rotatable bonds is 8. The van der Waals surface area contributed by atoms with Gasteiger partial charge in [0.25, 0.3) is 0 Å². The maximum absolute atomic E-state index is 11.4. The van der Waals surface area contributed by atoms with E-state index in [2.05, 4.69) is 15.7 Å². The Bertz CT molecular complexity index is 498. The van der Waals surface area contributed by atoms with E-state index >= 15 is 0 Å². The first-order chi connectivity index (χ1) is 9.99. The molecule has 0 radical (unpaired) electrons. The molecule has 1 aromatic heterocycles. The summed E-state index contributed by atoms with van der Waals surface area (Å²) in [6.07, 6.45) is 3.34. The number of amides is 3. The summed E-state index contributed by atoms with van der Waals surface area (Å²) in [4.78, 5) is 33.1. The average molecular weight is 296 g/mol. The van der Waals surface area contributed by atoms with Gasteiger partial charge in [-0.3, -0.25) is 19.6 Å². The fraction of sp³-hybridized carbons (Fsp3) is 0.538. The fourth-order valence-corrected chi connectivity index (χ4v) is 1.75. The van der Waals surface area contributed by atoms with E-state index in [4.69, 9.17) is 5.11 Å². The summed E-state index contributed by atoms with van der Waals surface area (Å²) in [5.74, 6) is -1.29. The van der Waals surface area contributed by atoms with Crippen LogP contribution in [-0.4, -0.2) is 39.3 Å².